The first-order valence-electron chi connectivity index (χ1n) is 6.27. The van der Waals surface area contributed by atoms with Crippen molar-refractivity contribution < 1.29 is 0 Å². The average Bonchev–Trinajstić information content (AvgIpc) is 2.78. The number of allylic oxidation sites excluding steroid dienone is 1. The maximum Gasteiger partial charge on any atom is 0.0860 e. The van der Waals surface area contributed by atoms with Gasteiger partial charge in [-0.3, -0.25) is 0 Å². The van der Waals surface area contributed by atoms with Crippen molar-refractivity contribution in [2.75, 3.05) is 0 Å². The molecule has 1 aromatic rings. The van der Waals surface area contributed by atoms with Crippen molar-refractivity contribution in [3.8, 4) is 0 Å². The summed E-state index contributed by atoms with van der Waals surface area (Å²) in [7, 11) is 0. The third-order valence-electron chi connectivity index (χ3n) is 3.23. The fraction of sp³-hybridized carbons (Fsp3) is 0.692. The van der Waals surface area contributed by atoms with Crippen molar-refractivity contribution in [3.05, 3.63) is 22.2 Å². The maximum atomic E-state index is 6.37. The molecule has 1 aromatic heterocycles. The van der Waals surface area contributed by atoms with E-state index in [1.54, 1.807) is 0 Å². The van der Waals surface area contributed by atoms with Gasteiger partial charge in [0.15, 0.2) is 0 Å². The SMILES string of the molecule is CC(C)(C)c1nnsc1C(N)C1=CCCCC1. The first-order valence-corrected chi connectivity index (χ1v) is 7.04. The molecule has 1 atom stereocenters. The molecule has 0 amide bonds. The van der Waals surface area contributed by atoms with Gasteiger partial charge < -0.3 is 5.73 Å². The van der Waals surface area contributed by atoms with Crippen molar-refractivity contribution >= 4 is 11.5 Å². The smallest absolute Gasteiger partial charge is 0.0860 e. The van der Waals surface area contributed by atoms with Crippen LogP contribution in [0, 0.1) is 0 Å². The third-order valence-corrected chi connectivity index (χ3v) is 4.04. The van der Waals surface area contributed by atoms with Gasteiger partial charge in [0.05, 0.1) is 16.6 Å². The van der Waals surface area contributed by atoms with Crippen molar-refractivity contribution in [3.63, 3.8) is 0 Å². The molecular formula is C13H21N3S. The highest BCUT2D eigenvalue weighted by Crippen LogP contribution is 2.35. The average molecular weight is 251 g/mol. The summed E-state index contributed by atoms with van der Waals surface area (Å²) in [5, 5.41) is 4.26. The van der Waals surface area contributed by atoms with E-state index in [-0.39, 0.29) is 11.5 Å². The second kappa shape index (κ2) is 4.86. The topological polar surface area (TPSA) is 51.8 Å². The summed E-state index contributed by atoms with van der Waals surface area (Å²) in [6.07, 6.45) is 7.16. The van der Waals surface area contributed by atoms with Crippen molar-refractivity contribution in [1.82, 2.24) is 9.59 Å². The molecule has 0 saturated carbocycles. The summed E-state index contributed by atoms with van der Waals surface area (Å²) in [5.41, 5.74) is 8.82. The van der Waals surface area contributed by atoms with E-state index in [1.165, 1.54) is 36.4 Å². The second-order valence-corrected chi connectivity index (χ2v) is 6.52. The molecule has 17 heavy (non-hydrogen) atoms. The van der Waals surface area contributed by atoms with E-state index in [0.717, 1.165) is 17.0 Å². The summed E-state index contributed by atoms with van der Waals surface area (Å²) in [4.78, 5) is 1.14. The molecule has 1 aliphatic carbocycles. The van der Waals surface area contributed by atoms with Crippen LogP contribution in [0.1, 0.15) is 63.1 Å². The molecule has 0 spiro atoms. The van der Waals surface area contributed by atoms with Gasteiger partial charge in [0.1, 0.15) is 0 Å². The van der Waals surface area contributed by atoms with Crippen LogP contribution in [0.3, 0.4) is 0 Å². The van der Waals surface area contributed by atoms with Gasteiger partial charge in [0, 0.05) is 5.41 Å². The lowest BCUT2D eigenvalue weighted by molar-refractivity contribution is 0.552. The predicted octanol–water partition coefficient (Wildman–Crippen LogP) is 3.34. The highest BCUT2D eigenvalue weighted by molar-refractivity contribution is 7.05. The van der Waals surface area contributed by atoms with Gasteiger partial charge >= 0.3 is 0 Å². The third kappa shape index (κ3) is 2.75. The molecular weight excluding hydrogens is 230 g/mol. The van der Waals surface area contributed by atoms with Crippen LogP contribution < -0.4 is 5.73 Å². The lowest BCUT2D eigenvalue weighted by Crippen LogP contribution is -2.20. The lowest BCUT2D eigenvalue weighted by Gasteiger charge is -2.22. The van der Waals surface area contributed by atoms with E-state index in [9.17, 15) is 0 Å². The molecule has 0 fully saturated rings. The van der Waals surface area contributed by atoms with Gasteiger partial charge in [-0.05, 0) is 37.2 Å². The van der Waals surface area contributed by atoms with Gasteiger partial charge in [0.25, 0.3) is 0 Å². The van der Waals surface area contributed by atoms with Gasteiger partial charge in [-0.1, -0.05) is 36.9 Å². The fourth-order valence-corrected chi connectivity index (χ4v) is 3.14. The molecule has 0 saturated heterocycles. The zero-order chi connectivity index (χ0) is 12.5. The first-order chi connectivity index (χ1) is 8.00. The summed E-state index contributed by atoms with van der Waals surface area (Å²) < 4.78 is 4.09. The molecule has 0 bridgehead atoms. The van der Waals surface area contributed by atoms with Gasteiger partial charge in [-0.15, -0.1) is 5.10 Å². The molecule has 0 aliphatic heterocycles. The number of aromatic nitrogens is 2. The molecule has 4 heteroatoms. The molecule has 0 radical (unpaired) electrons. The van der Waals surface area contributed by atoms with E-state index < -0.39 is 0 Å². The second-order valence-electron chi connectivity index (χ2n) is 5.74. The highest BCUT2D eigenvalue weighted by atomic mass is 32.1. The first kappa shape index (κ1) is 12.7. The number of rotatable bonds is 2. The Balaban J connectivity index is 2.28. The van der Waals surface area contributed by atoms with Crippen molar-refractivity contribution in [2.45, 2.75) is 57.9 Å². The Hall–Kier alpha value is -0.740. The van der Waals surface area contributed by atoms with Gasteiger partial charge in [0.2, 0.25) is 0 Å². The van der Waals surface area contributed by atoms with Crippen LogP contribution in [0.2, 0.25) is 0 Å². The Bertz CT molecular complexity index is 415. The highest BCUT2D eigenvalue weighted by Gasteiger charge is 2.27. The maximum absolute atomic E-state index is 6.37. The van der Waals surface area contributed by atoms with Crippen LogP contribution in [0.15, 0.2) is 11.6 Å². The Labute approximate surface area is 107 Å². The molecule has 0 aromatic carbocycles. The van der Waals surface area contributed by atoms with E-state index in [1.807, 2.05) is 0 Å². The van der Waals surface area contributed by atoms with Crippen LogP contribution in [-0.4, -0.2) is 9.59 Å². The summed E-state index contributed by atoms with van der Waals surface area (Å²) in [6.45, 7) is 6.49. The molecule has 94 valence electrons. The normalized spacial score (nSPS) is 18.9. The Kier molecular flexibility index (Phi) is 3.64. The molecule has 2 rings (SSSR count). The summed E-state index contributed by atoms with van der Waals surface area (Å²) >= 11 is 1.45. The number of nitrogens with zero attached hydrogens (tertiary/aromatic N) is 2. The predicted molar refractivity (Wildman–Crippen MR) is 72.1 cm³/mol. The monoisotopic (exact) mass is 251 g/mol. The van der Waals surface area contributed by atoms with E-state index in [2.05, 4.69) is 36.4 Å². The van der Waals surface area contributed by atoms with Crippen LogP contribution >= 0.6 is 11.5 Å². The Morgan fingerprint density at radius 2 is 2.12 bits per heavy atom. The zero-order valence-corrected chi connectivity index (χ0v) is 11.7. The fourth-order valence-electron chi connectivity index (χ4n) is 2.24. The molecule has 1 heterocycles. The Morgan fingerprint density at radius 1 is 1.35 bits per heavy atom. The van der Waals surface area contributed by atoms with Crippen molar-refractivity contribution in [1.29, 1.82) is 0 Å². The summed E-state index contributed by atoms with van der Waals surface area (Å²) in [5.74, 6) is 0. The van der Waals surface area contributed by atoms with Crippen LogP contribution in [0.5, 0.6) is 0 Å². The minimum Gasteiger partial charge on any atom is -0.320 e. The minimum atomic E-state index is 0.00419. The standard InChI is InChI=1S/C13H21N3S/c1-13(2,3)12-11(17-16-15-12)10(14)9-7-5-4-6-8-9/h7,10H,4-6,8,14H2,1-3H3. The van der Waals surface area contributed by atoms with Crippen LogP contribution in [0.4, 0.5) is 0 Å². The van der Waals surface area contributed by atoms with Crippen LogP contribution in [0.25, 0.3) is 0 Å². The molecule has 1 unspecified atom stereocenters. The largest absolute Gasteiger partial charge is 0.320 e. The minimum absolute atomic E-state index is 0.00419. The van der Waals surface area contributed by atoms with E-state index in [0.29, 0.717) is 0 Å². The molecule has 1 aliphatic rings. The Morgan fingerprint density at radius 3 is 2.71 bits per heavy atom. The van der Waals surface area contributed by atoms with Gasteiger partial charge in [-0.25, -0.2) is 0 Å². The van der Waals surface area contributed by atoms with E-state index >= 15 is 0 Å². The zero-order valence-electron chi connectivity index (χ0n) is 10.9. The number of nitrogens with two attached hydrogens (primary N) is 1. The van der Waals surface area contributed by atoms with Crippen molar-refractivity contribution in [2.24, 2.45) is 5.73 Å². The van der Waals surface area contributed by atoms with Crippen LogP contribution in [-0.2, 0) is 5.41 Å². The molecule has 3 nitrogen and oxygen atoms in total. The van der Waals surface area contributed by atoms with E-state index in [4.69, 9.17) is 5.73 Å². The lowest BCUT2D eigenvalue weighted by atomic mass is 9.87. The number of hydrogen-bond donors (Lipinski definition) is 1. The summed E-state index contributed by atoms with van der Waals surface area (Å²) in [6, 6.07) is 0.00419. The molecule has 2 N–H and O–H groups in total. The van der Waals surface area contributed by atoms with Gasteiger partial charge in [-0.2, -0.15) is 0 Å². The quantitative estimate of drug-likeness (QED) is 0.820. The number of hydrogen-bond acceptors (Lipinski definition) is 4.